The van der Waals surface area contributed by atoms with Crippen molar-refractivity contribution in [2.75, 3.05) is 26.2 Å². The maximum atomic E-state index is 13.5. The summed E-state index contributed by atoms with van der Waals surface area (Å²) >= 11 is 0. The predicted molar refractivity (Wildman–Crippen MR) is 63.3 cm³/mol. The van der Waals surface area contributed by atoms with E-state index in [1.165, 1.54) is 12.8 Å². The van der Waals surface area contributed by atoms with Gasteiger partial charge in [0.15, 0.2) is 0 Å². The molecule has 0 unspecified atom stereocenters. The largest absolute Gasteiger partial charge is 0.376 e. The lowest BCUT2D eigenvalue weighted by Crippen LogP contribution is -2.46. The second-order valence-electron chi connectivity index (χ2n) is 5.56. The van der Waals surface area contributed by atoms with Crippen molar-refractivity contribution in [1.82, 2.24) is 4.90 Å². The Balaban J connectivity index is 1.80. The molecular weight excluding hydrogens is 205 g/mol. The van der Waals surface area contributed by atoms with Gasteiger partial charge in [0, 0.05) is 25.5 Å². The van der Waals surface area contributed by atoms with Crippen molar-refractivity contribution in [3.63, 3.8) is 0 Å². The first-order chi connectivity index (χ1) is 7.66. The van der Waals surface area contributed by atoms with Crippen LogP contribution in [0.3, 0.4) is 0 Å². The van der Waals surface area contributed by atoms with E-state index in [0.717, 1.165) is 25.6 Å². The summed E-state index contributed by atoms with van der Waals surface area (Å²) < 4.78 is 19.3. The average molecular weight is 229 g/mol. The molecule has 0 N–H and O–H groups in total. The fraction of sp³-hybridized carbons (Fsp3) is 1.00. The van der Waals surface area contributed by atoms with Gasteiger partial charge >= 0.3 is 0 Å². The topological polar surface area (TPSA) is 12.5 Å². The summed E-state index contributed by atoms with van der Waals surface area (Å²) in [6.45, 7) is 8.14. The number of alkyl halides is 1. The van der Waals surface area contributed by atoms with Gasteiger partial charge in [0.05, 0.1) is 6.10 Å². The molecule has 0 amide bonds. The zero-order valence-corrected chi connectivity index (χ0v) is 10.5. The Bertz CT molecular complexity index is 216. The van der Waals surface area contributed by atoms with Crippen molar-refractivity contribution in [3.05, 3.63) is 0 Å². The summed E-state index contributed by atoms with van der Waals surface area (Å²) in [6, 6.07) is 0. The first-order valence-corrected chi connectivity index (χ1v) is 6.65. The number of hydrogen-bond acceptors (Lipinski definition) is 2. The van der Waals surface area contributed by atoms with E-state index in [0.29, 0.717) is 13.0 Å². The molecule has 94 valence electrons. The van der Waals surface area contributed by atoms with Crippen LogP contribution in [0.15, 0.2) is 0 Å². The third-order valence-electron chi connectivity index (χ3n) is 4.20. The lowest BCUT2D eigenvalue weighted by Gasteiger charge is -2.38. The quantitative estimate of drug-likeness (QED) is 0.721. The molecule has 2 rings (SSSR count). The van der Waals surface area contributed by atoms with E-state index < -0.39 is 6.17 Å². The van der Waals surface area contributed by atoms with Crippen LogP contribution >= 0.6 is 0 Å². The lowest BCUT2D eigenvalue weighted by atomic mass is 9.92. The monoisotopic (exact) mass is 229 g/mol. The van der Waals surface area contributed by atoms with Crippen LogP contribution in [-0.4, -0.2) is 43.4 Å². The molecule has 3 atom stereocenters. The molecule has 0 saturated carbocycles. The molecule has 2 fully saturated rings. The van der Waals surface area contributed by atoms with Crippen LogP contribution in [0.2, 0.25) is 0 Å². The minimum absolute atomic E-state index is 0.0631. The molecule has 0 bridgehead atoms. The molecule has 2 saturated heterocycles. The molecule has 2 nitrogen and oxygen atoms in total. The Morgan fingerprint density at radius 3 is 2.56 bits per heavy atom. The summed E-state index contributed by atoms with van der Waals surface area (Å²) in [5.41, 5.74) is 0. The first kappa shape index (κ1) is 12.3. The van der Waals surface area contributed by atoms with Gasteiger partial charge in [-0.25, -0.2) is 4.39 Å². The van der Waals surface area contributed by atoms with Crippen molar-refractivity contribution in [2.24, 2.45) is 11.8 Å². The van der Waals surface area contributed by atoms with Crippen LogP contribution in [0.4, 0.5) is 4.39 Å². The molecule has 2 heterocycles. The van der Waals surface area contributed by atoms with Gasteiger partial charge in [-0.1, -0.05) is 13.8 Å². The van der Waals surface area contributed by atoms with E-state index in [9.17, 15) is 4.39 Å². The van der Waals surface area contributed by atoms with Crippen LogP contribution in [0, 0.1) is 11.8 Å². The maximum absolute atomic E-state index is 13.5. The third-order valence-corrected chi connectivity index (χ3v) is 4.20. The van der Waals surface area contributed by atoms with Gasteiger partial charge in [0.1, 0.15) is 6.17 Å². The lowest BCUT2D eigenvalue weighted by molar-refractivity contribution is -0.0749. The summed E-state index contributed by atoms with van der Waals surface area (Å²) in [6.07, 6.45) is 2.58. The highest BCUT2D eigenvalue weighted by Gasteiger charge is 2.32. The molecule has 3 heteroatoms. The summed E-state index contributed by atoms with van der Waals surface area (Å²) in [5.74, 6) is 0.919. The highest BCUT2D eigenvalue weighted by Crippen LogP contribution is 2.25. The van der Waals surface area contributed by atoms with Crippen LogP contribution in [0.25, 0.3) is 0 Å². The van der Waals surface area contributed by atoms with E-state index in [-0.39, 0.29) is 12.0 Å². The molecule has 0 aromatic carbocycles. The average Bonchev–Trinajstić information content (AvgIpc) is 2.28. The van der Waals surface area contributed by atoms with Gasteiger partial charge < -0.3 is 9.64 Å². The number of nitrogens with zero attached hydrogens (tertiary/aromatic N) is 1. The minimum atomic E-state index is -0.664. The van der Waals surface area contributed by atoms with E-state index >= 15 is 0 Å². The molecular formula is C13H24FNO. The van der Waals surface area contributed by atoms with Gasteiger partial charge in [-0.05, 0) is 31.8 Å². The van der Waals surface area contributed by atoms with E-state index in [1.807, 2.05) is 6.92 Å². The number of ether oxygens (including phenoxy) is 1. The molecule has 0 aromatic heterocycles. The Kier molecular flexibility index (Phi) is 4.20. The van der Waals surface area contributed by atoms with Gasteiger partial charge in [-0.15, -0.1) is 0 Å². The highest BCUT2D eigenvalue weighted by atomic mass is 19.1. The van der Waals surface area contributed by atoms with E-state index in [4.69, 9.17) is 4.74 Å². The Morgan fingerprint density at radius 2 is 1.88 bits per heavy atom. The van der Waals surface area contributed by atoms with Crippen LogP contribution in [0.1, 0.15) is 33.1 Å². The fourth-order valence-electron chi connectivity index (χ4n) is 2.70. The third kappa shape index (κ3) is 2.95. The number of halogens is 1. The summed E-state index contributed by atoms with van der Waals surface area (Å²) in [4.78, 5) is 2.44. The molecule has 2 aliphatic rings. The predicted octanol–water partition coefficient (Wildman–Crippen LogP) is 2.48. The number of likely N-dealkylation sites (tertiary alicyclic amines) is 1. The highest BCUT2D eigenvalue weighted by molar-refractivity contribution is 4.82. The van der Waals surface area contributed by atoms with Crippen molar-refractivity contribution in [1.29, 1.82) is 0 Å². The van der Waals surface area contributed by atoms with Crippen molar-refractivity contribution in [3.8, 4) is 0 Å². The van der Waals surface area contributed by atoms with E-state index in [1.54, 1.807) is 0 Å². The number of rotatable bonds is 2. The Hall–Kier alpha value is -0.150. The van der Waals surface area contributed by atoms with Crippen molar-refractivity contribution in [2.45, 2.75) is 45.4 Å². The smallest absolute Gasteiger partial charge is 0.107 e. The first-order valence-electron chi connectivity index (χ1n) is 6.65. The molecule has 16 heavy (non-hydrogen) atoms. The fourth-order valence-corrected chi connectivity index (χ4v) is 2.70. The molecule has 2 aliphatic heterocycles. The SMILES string of the molecule is CC1CCN(C[C@@H]2OCC[C@@H](F)[C@@H]2C)CC1. The minimum Gasteiger partial charge on any atom is -0.376 e. The van der Waals surface area contributed by atoms with Gasteiger partial charge in [-0.2, -0.15) is 0 Å². The second kappa shape index (κ2) is 5.46. The zero-order valence-electron chi connectivity index (χ0n) is 10.5. The van der Waals surface area contributed by atoms with Gasteiger partial charge in [-0.3, -0.25) is 0 Å². The number of hydrogen-bond donors (Lipinski definition) is 0. The Morgan fingerprint density at radius 1 is 1.19 bits per heavy atom. The zero-order chi connectivity index (χ0) is 11.5. The molecule has 0 aliphatic carbocycles. The summed E-state index contributed by atoms with van der Waals surface area (Å²) in [7, 11) is 0. The second-order valence-corrected chi connectivity index (χ2v) is 5.56. The van der Waals surface area contributed by atoms with Gasteiger partial charge in [0.2, 0.25) is 0 Å². The van der Waals surface area contributed by atoms with Crippen LogP contribution in [-0.2, 0) is 4.74 Å². The molecule has 0 aromatic rings. The molecule has 0 spiro atoms. The maximum Gasteiger partial charge on any atom is 0.107 e. The van der Waals surface area contributed by atoms with Crippen LogP contribution in [0.5, 0.6) is 0 Å². The van der Waals surface area contributed by atoms with Crippen molar-refractivity contribution < 1.29 is 9.13 Å². The Labute approximate surface area is 98.1 Å². The standard InChI is InChI=1S/C13H24FNO/c1-10-3-6-15(7-4-10)9-13-11(2)12(14)5-8-16-13/h10-13H,3-9H2,1-2H3/t11-,12+,13-/m0/s1. The number of piperidine rings is 1. The summed E-state index contributed by atoms with van der Waals surface area (Å²) in [5, 5.41) is 0. The van der Waals surface area contributed by atoms with Crippen molar-refractivity contribution >= 4 is 0 Å². The van der Waals surface area contributed by atoms with E-state index in [2.05, 4.69) is 11.8 Å². The van der Waals surface area contributed by atoms with Crippen LogP contribution < -0.4 is 0 Å². The molecule has 0 radical (unpaired) electrons. The van der Waals surface area contributed by atoms with Gasteiger partial charge in [0.25, 0.3) is 0 Å². The normalized spacial score (nSPS) is 38.8.